The summed E-state index contributed by atoms with van der Waals surface area (Å²) in [6.07, 6.45) is 0. The first-order chi connectivity index (χ1) is 11.3. The predicted molar refractivity (Wildman–Crippen MR) is 99.5 cm³/mol. The summed E-state index contributed by atoms with van der Waals surface area (Å²) in [6.45, 7) is 10.0. The van der Waals surface area contributed by atoms with Crippen LogP contribution in [0.15, 0.2) is 30.3 Å². The Morgan fingerprint density at radius 1 is 1.00 bits per heavy atom. The number of amides is 1. The van der Waals surface area contributed by atoms with Gasteiger partial charge in [0.2, 0.25) is 0 Å². The third-order valence-corrected chi connectivity index (χ3v) is 4.78. The first kappa shape index (κ1) is 16.5. The summed E-state index contributed by atoms with van der Waals surface area (Å²) < 4.78 is 1.79. The molecule has 1 amide bonds. The molecular weight excluding hydrogens is 318 g/mol. The fourth-order valence-electron chi connectivity index (χ4n) is 2.90. The standard InChI is InChI=1S/C19H21N3OS/c1-11-6-12(2)8-16(7-11)22-18(9-13(3)21-22)20-19(23)17-10-14(4)24-15(17)5/h6-10H,1-5H3,(H,20,23). The Morgan fingerprint density at radius 3 is 2.25 bits per heavy atom. The number of carbonyl (C=O) groups excluding carboxylic acids is 1. The van der Waals surface area contributed by atoms with E-state index in [0.29, 0.717) is 5.82 Å². The molecule has 4 nitrogen and oxygen atoms in total. The SMILES string of the molecule is Cc1cc(C)cc(-n2nc(C)cc2NC(=O)c2cc(C)sc2C)c1. The van der Waals surface area contributed by atoms with Gasteiger partial charge in [0.15, 0.2) is 0 Å². The van der Waals surface area contributed by atoms with Crippen molar-refractivity contribution in [3.05, 3.63) is 62.5 Å². The zero-order valence-corrected chi connectivity index (χ0v) is 15.4. The first-order valence-electron chi connectivity index (χ1n) is 7.87. The maximum absolute atomic E-state index is 12.6. The molecule has 0 bridgehead atoms. The highest BCUT2D eigenvalue weighted by Crippen LogP contribution is 2.24. The molecule has 2 heterocycles. The van der Waals surface area contributed by atoms with Gasteiger partial charge in [-0.15, -0.1) is 11.3 Å². The number of hydrogen-bond acceptors (Lipinski definition) is 3. The molecule has 0 atom stereocenters. The molecule has 0 radical (unpaired) electrons. The van der Waals surface area contributed by atoms with Crippen molar-refractivity contribution in [2.45, 2.75) is 34.6 Å². The van der Waals surface area contributed by atoms with Crippen molar-refractivity contribution < 1.29 is 4.79 Å². The fourth-order valence-corrected chi connectivity index (χ4v) is 3.82. The second-order valence-electron chi connectivity index (χ2n) is 6.21. The Hall–Kier alpha value is -2.40. The summed E-state index contributed by atoms with van der Waals surface area (Å²) in [4.78, 5) is 14.8. The van der Waals surface area contributed by atoms with Crippen molar-refractivity contribution in [2.24, 2.45) is 0 Å². The number of rotatable bonds is 3. The van der Waals surface area contributed by atoms with Crippen LogP contribution in [0.3, 0.4) is 0 Å². The van der Waals surface area contributed by atoms with Crippen LogP contribution in [0, 0.1) is 34.6 Å². The smallest absolute Gasteiger partial charge is 0.257 e. The molecule has 0 spiro atoms. The van der Waals surface area contributed by atoms with Gasteiger partial charge in [0.05, 0.1) is 16.9 Å². The lowest BCUT2D eigenvalue weighted by Gasteiger charge is -2.10. The summed E-state index contributed by atoms with van der Waals surface area (Å²) in [5.74, 6) is 0.591. The van der Waals surface area contributed by atoms with Gasteiger partial charge >= 0.3 is 0 Å². The van der Waals surface area contributed by atoms with E-state index in [1.807, 2.05) is 32.9 Å². The third kappa shape index (κ3) is 3.26. The van der Waals surface area contributed by atoms with Crippen LogP contribution in [-0.2, 0) is 0 Å². The lowest BCUT2D eigenvalue weighted by atomic mass is 10.1. The Labute approximate surface area is 146 Å². The van der Waals surface area contributed by atoms with E-state index in [1.165, 1.54) is 11.1 Å². The van der Waals surface area contributed by atoms with Gasteiger partial charge in [-0.05, 0) is 63.9 Å². The van der Waals surface area contributed by atoms with E-state index in [2.05, 4.69) is 42.5 Å². The Kier molecular flexibility index (Phi) is 4.28. The molecular formula is C19H21N3OS. The molecule has 0 saturated carbocycles. The van der Waals surface area contributed by atoms with E-state index in [1.54, 1.807) is 16.0 Å². The normalized spacial score (nSPS) is 10.9. The van der Waals surface area contributed by atoms with Gasteiger partial charge < -0.3 is 5.32 Å². The number of nitrogens with zero attached hydrogens (tertiary/aromatic N) is 2. The molecule has 5 heteroatoms. The molecule has 2 aromatic heterocycles. The topological polar surface area (TPSA) is 46.9 Å². The molecule has 3 rings (SSSR count). The van der Waals surface area contributed by atoms with Crippen molar-refractivity contribution in [2.75, 3.05) is 5.32 Å². The van der Waals surface area contributed by atoms with Crippen molar-refractivity contribution in [3.63, 3.8) is 0 Å². The summed E-state index contributed by atoms with van der Waals surface area (Å²) in [5.41, 5.74) is 4.87. The lowest BCUT2D eigenvalue weighted by Crippen LogP contribution is -2.15. The quantitative estimate of drug-likeness (QED) is 0.750. The number of hydrogen-bond donors (Lipinski definition) is 1. The minimum absolute atomic E-state index is 0.0950. The van der Waals surface area contributed by atoms with Gasteiger partial charge in [-0.1, -0.05) is 6.07 Å². The first-order valence-corrected chi connectivity index (χ1v) is 8.69. The van der Waals surface area contributed by atoms with Crippen LogP contribution < -0.4 is 5.32 Å². The van der Waals surface area contributed by atoms with E-state index < -0.39 is 0 Å². The molecule has 0 saturated heterocycles. The summed E-state index contributed by atoms with van der Waals surface area (Å²) in [7, 11) is 0. The van der Waals surface area contributed by atoms with E-state index in [0.717, 1.165) is 26.7 Å². The van der Waals surface area contributed by atoms with Gasteiger partial charge in [0.1, 0.15) is 5.82 Å². The molecule has 3 aromatic rings. The molecule has 24 heavy (non-hydrogen) atoms. The van der Waals surface area contributed by atoms with Crippen molar-refractivity contribution in [1.29, 1.82) is 0 Å². The van der Waals surface area contributed by atoms with E-state index in [9.17, 15) is 4.79 Å². The zero-order chi connectivity index (χ0) is 17.4. The van der Waals surface area contributed by atoms with E-state index in [-0.39, 0.29) is 5.91 Å². The van der Waals surface area contributed by atoms with Crippen LogP contribution >= 0.6 is 11.3 Å². The van der Waals surface area contributed by atoms with Crippen LogP contribution in [0.25, 0.3) is 5.69 Å². The third-order valence-electron chi connectivity index (χ3n) is 3.81. The maximum Gasteiger partial charge on any atom is 0.257 e. The van der Waals surface area contributed by atoms with Crippen molar-refractivity contribution in [1.82, 2.24) is 9.78 Å². The van der Waals surface area contributed by atoms with Gasteiger partial charge in [-0.3, -0.25) is 4.79 Å². The Bertz CT molecular complexity index is 901. The Balaban J connectivity index is 1.97. The molecule has 124 valence electrons. The minimum atomic E-state index is -0.0950. The molecule has 0 aliphatic heterocycles. The van der Waals surface area contributed by atoms with Crippen LogP contribution in [0.1, 0.15) is 36.9 Å². The van der Waals surface area contributed by atoms with Gasteiger partial charge in [0.25, 0.3) is 5.91 Å². The number of nitrogens with one attached hydrogen (secondary N) is 1. The minimum Gasteiger partial charge on any atom is -0.306 e. The number of anilines is 1. The second-order valence-corrected chi connectivity index (χ2v) is 7.67. The largest absolute Gasteiger partial charge is 0.306 e. The second kappa shape index (κ2) is 6.24. The zero-order valence-electron chi connectivity index (χ0n) is 14.6. The molecule has 0 fully saturated rings. The average molecular weight is 339 g/mol. The van der Waals surface area contributed by atoms with Crippen molar-refractivity contribution in [3.8, 4) is 5.69 Å². The van der Waals surface area contributed by atoms with E-state index >= 15 is 0 Å². The molecule has 0 unspecified atom stereocenters. The number of carbonyl (C=O) groups is 1. The highest BCUT2D eigenvalue weighted by molar-refractivity contribution is 7.12. The molecule has 1 aromatic carbocycles. The molecule has 0 aliphatic carbocycles. The van der Waals surface area contributed by atoms with Crippen LogP contribution in [0.5, 0.6) is 0 Å². The highest BCUT2D eigenvalue weighted by atomic mass is 32.1. The summed E-state index contributed by atoms with van der Waals surface area (Å²) >= 11 is 1.63. The summed E-state index contributed by atoms with van der Waals surface area (Å²) in [6, 6.07) is 10.1. The lowest BCUT2D eigenvalue weighted by molar-refractivity contribution is 0.102. The highest BCUT2D eigenvalue weighted by Gasteiger charge is 2.16. The van der Waals surface area contributed by atoms with Crippen molar-refractivity contribution >= 4 is 23.1 Å². The van der Waals surface area contributed by atoms with Gasteiger partial charge in [-0.2, -0.15) is 5.10 Å². The Morgan fingerprint density at radius 2 is 1.67 bits per heavy atom. The average Bonchev–Trinajstić information content (AvgIpc) is 3.00. The number of aromatic nitrogens is 2. The molecule has 0 aliphatic rings. The predicted octanol–water partition coefficient (Wildman–Crippen LogP) is 4.73. The van der Waals surface area contributed by atoms with Gasteiger partial charge in [0, 0.05) is 15.8 Å². The maximum atomic E-state index is 12.6. The monoisotopic (exact) mass is 339 g/mol. The number of benzene rings is 1. The van der Waals surface area contributed by atoms with E-state index in [4.69, 9.17) is 0 Å². The molecule has 1 N–H and O–H groups in total. The van der Waals surface area contributed by atoms with Gasteiger partial charge in [-0.25, -0.2) is 4.68 Å². The number of thiophene rings is 1. The fraction of sp³-hybridized carbons (Fsp3) is 0.263. The number of aryl methyl sites for hydroxylation is 5. The van der Waals surface area contributed by atoms with Crippen LogP contribution in [0.4, 0.5) is 5.82 Å². The van der Waals surface area contributed by atoms with Crippen LogP contribution in [-0.4, -0.2) is 15.7 Å². The van der Waals surface area contributed by atoms with Crippen LogP contribution in [0.2, 0.25) is 0 Å². The summed E-state index contributed by atoms with van der Waals surface area (Å²) in [5, 5.41) is 7.55.